The average molecular weight is 607 g/mol. The molecule has 0 radical (unpaired) electrons. The van der Waals surface area contributed by atoms with Crippen LogP contribution >= 0.6 is 0 Å². The highest BCUT2D eigenvalue weighted by atomic mass is 16.4. The van der Waals surface area contributed by atoms with E-state index in [2.05, 4.69) is 0 Å². The fourth-order valence-corrected chi connectivity index (χ4v) is 6.20. The van der Waals surface area contributed by atoms with Gasteiger partial charge in [-0.2, -0.15) is 0 Å². The highest BCUT2D eigenvalue weighted by Crippen LogP contribution is 2.17. The molecule has 0 aliphatic heterocycles. The molecule has 0 bridgehead atoms. The standard InChI is InChI=1S/C39H74O4/c40-38(41)36-34-32-30-28-26-24-22-20-18-16-14-12-10-8-6-4-2-1-3-5-7-9-11-13-15-17-19-21-23-25-27-29-31-33-35-37-39(42)43/h34,36H,1-33,35,37H2,(H,40,41)(H,42,43). The Labute approximate surface area is 268 Å². The minimum atomic E-state index is -0.833. The summed E-state index contributed by atoms with van der Waals surface area (Å²) in [6.45, 7) is 0. The lowest BCUT2D eigenvalue weighted by atomic mass is 10.0. The van der Waals surface area contributed by atoms with Crippen molar-refractivity contribution >= 4 is 11.9 Å². The largest absolute Gasteiger partial charge is 0.481 e. The zero-order chi connectivity index (χ0) is 31.3. The van der Waals surface area contributed by atoms with Gasteiger partial charge in [-0.15, -0.1) is 0 Å². The maximum Gasteiger partial charge on any atom is 0.327 e. The van der Waals surface area contributed by atoms with Crippen LogP contribution in [0, 0.1) is 0 Å². The molecule has 4 nitrogen and oxygen atoms in total. The third kappa shape index (κ3) is 40.7. The van der Waals surface area contributed by atoms with Crippen LogP contribution in [0.3, 0.4) is 0 Å². The Hall–Kier alpha value is -1.32. The van der Waals surface area contributed by atoms with E-state index in [1.54, 1.807) is 6.08 Å². The second kappa shape index (κ2) is 36.9. The van der Waals surface area contributed by atoms with Crippen LogP contribution in [0.5, 0.6) is 0 Å². The van der Waals surface area contributed by atoms with E-state index in [1.165, 1.54) is 199 Å². The van der Waals surface area contributed by atoms with Crippen LogP contribution in [-0.4, -0.2) is 22.2 Å². The first-order valence-corrected chi connectivity index (χ1v) is 19.2. The molecular weight excluding hydrogens is 532 g/mol. The van der Waals surface area contributed by atoms with E-state index in [1.807, 2.05) is 0 Å². The van der Waals surface area contributed by atoms with Crippen molar-refractivity contribution < 1.29 is 19.8 Å². The van der Waals surface area contributed by atoms with Crippen molar-refractivity contribution in [3.05, 3.63) is 12.2 Å². The maximum atomic E-state index is 10.5. The molecule has 0 heterocycles. The Bertz CT molecular complexity index is 600. The predicted molar refractivity (Wildman–Crippen MR) is 186 cm³/mol. The van der Waals surface area contributed by atoms with Crippen LogP contribution in [0.25, 0.3) is 0 Å². The lowest BCUT2D eigenvalue weighted by Gasteiger charge is -2.05. The van der Waals surface area contributed by atoms with E-state index in [4.69, 9.17) is 10.2 Å². The van der Waals surface area contributed by atoms with Crippen LogP contribution < -0.4 is 0 Å². The molecule has 0 amide bonds. The SMILES string of the molecule is O=C(O)C=CCCCCCCCCCCCCCCCCCCCCCCCCCCCCCCCCCCCC(=O)O. The van der Waals surface area contributed by atoms with E-state index in [-0.39, 0.29) is 0 Å². The highest BCUT2D eigenvalue weighted by molar-refractivity contribution is 5.79. The molecule has 0 saturated heterocycles. The normalized spacial score (nSPS) is 11.5. The van der Waals surface area contributed by atoms with Crippen LogP contribution in [0.2, 0.25) is 0 Å². The second-order valence-electron chi connectivity index (χ2n) is 13.3. The van der Waals surface area contributed by atoms with E-state index >= 15 is 0 Å². The van der Waals surface area contributed by atoms with E-state index in [0.717, 1.165) is 25.7 Å². The van der Waals surface area contributed by atoms with E-state index < -0.39 is 11.9 Å². The van der Waals surface area contributed by atoms with Crippen LogP contribution in [0.15, 0.2) is 12.2 Å². The summed E-state index contributed by atoms with van der Waals surface area (Å²) in [4.78, 5) is 20.9. The maximum absolute atomic E-state index is 10.5. The van der Waals surface area contributed by atoms with Gasteiger partial charge in [0.05, 0.1) is 0 Å². The summed E-state index contributed by atoms with van der Waals surface area (Å²) in [6, 6.07) is 0. The van der Waals surface area contributed by atoms with Gasteiger partial charge in [-0.3, -0.25) is 4.79 Å². The monoisotopic (exact) mass is 607 g/mol. The van der Waals surface area contributed by atoms with Gasteiger partial charge >= 0.3 is 11.9 Å². The third-order valence-electron chi connectivity index (χ3n) is 9.02. The van der Waals surface area contributed by atoms with E-state index in [0.29, 0.717) is 6.42 Å². The summed E-state index contributed by atoms with van der Waals surface area (Å²) in [5.41, 5.74) is 0. The summed E-state index contributed by atoms with van der Waals surface area (Å²) in [5, 5.41) is 17.2. The summed E-state index contributed by atoms with van der Waals surface area (Å²) < 4.78 is 0. The Morgan fingerprint density at radius 1 is 0.326 bits per heavy atom. The number of hydrogen-bond donors (Lipinski definition) is 2. The van der Waals surface area contributed by atoms with Gasteiger partial charge in [-0.1, -0.05) is 205 Å². The number of carboxylic acids is 2. The molecule has 2 N–H and O–H groups in total. The molecule has 43 heavy (non-hydrogen) atoms. The molecule has 0 rings (SSSR count). The van der Waals surface area contributed by atoms with Gasteiger partial charge in [0.1, 0.15) is 0 Å². The third-order valence-corrected chi connectivity index (χ3v) is 9.02. The molecule has 4 heteroatoms. The number of unbranched alkanes of at least 4 members (excludes halogenated alkanes) is 33. The first kappa shape index (κ1) is 41.7. The lowest BCUT2D eigenvalue weighted by Crippen LogP contribution is -1.93. The molecule has 0 aromatic heterocycles. The van der Waals surface area contributed by atoms with Crippen LogP contribution in [0.1, 0.15) is 225 Å². The molecule has 0 aromatic carbocycles. The number of rotatable bonds is 37. The van der Waals surface area contributed by atoms with Gasteiger partial charge in [0.2, 0.25) is 0 Å². The molecule has 254 valence electrons. The summed E-state index contributed by atoms with van der Waals surface area (Å²) >= 11 is 0. The summed E-state index contributed by atoms with van der Waals surface area (Å²) in [6.07, 6.45) is 49.3. The van der Waals surface area contributed by atoms with Crippen molar-refractivity contribution in [2.24, 2.45) is 0 Å². The first-order chi connectivity index (χ1) is 21.1. The molecule has 0 aliphatic rings. The lowest BCUT2D eigenvalue weighted by molar-refractivity contribution is -0.137. The van der Waals surface area contributed by atoms with Crippen LogP contribution in [-0.2, 0) is 9.59 Å². The fourth-order valence-electron chi connectivity index (χ4n) is 6.20. The van der Waals surface area contributed by atoms with Crippen molar-refractivity contribution in [1.29, 1.82) is 0 Å². The summed E-state index contributed by atoms with van der Waals surface area (Å²) in [5.74, 6) is -1.49. The topological polar surface area (TPSA) is 74.6 Å². The Kier molecular flexibility index (Phi) is 35.7. The number of allylic oxidation sites excluding steroid dienone is 1. The summed E-state index contributed by atoms with van der Waals surface area (Å²) in [7, 11) is 0. The molecule has 0 unspecified atom stereocenters. The molecule has 0 aliphatic carbocycles. The zero-order valence-corrected chi connectivity index (χ0v) is 28.6. The van der Waals surface area contributed by atoms with Gasteiger partial charge in [0.25, 0.3) is 0 Å². The fraction of sp³-hybridized carbons (Fsp3) is 0.897. The van der Waals surface area contributed by atoms with Gasteiger partial charge in [-0.25, -0.2) is 4.79 Å². The molecular formula is C39H74O4. The predicted octanol–water partition coefficient (Wildman–Crippen LogP) is 13.4. The highest BCUT2D eigenvalue weighted by Gasteiger charge is 1.98. The van der Waals surface area contributed by atoms with Crippen molar-refractivity contribution in [3.8, 4) is 0 Å². The van der Waals surface area contributed by atoms with Gasteiger partial charge in [-0.05, 0) is 19.3 Å². The smallest absolute Gasteiger partial charge is 0.327 e. The Morgan fingerprint density at radius 3 is 0.744 bits per heavy atom. The van der Waals surface area contributed by atoms with E-state index in [9.17, 15) is 9.59 Å². The molecule has 0 aromatic rings. The van der Waals surface area contributed by atoms with Crippen molar-refractivity contribution in [2.45, 2.75) is 225 Å². The van der Waals surface area contributed by atoms with Crippen LogP contribution in [0.4, 0.5) is 0 Å². The minimum Gasteiger partial charge on any atom is -0.481 e. The molecule has 0 fully saturated rings. The van der Waals surface area contributed by atoms with Gasteiger partial charge in [0, 0.05) is 12.5 Å². The van der Waals surface area contributed by atoms with Gasteiger partial charge < -0.3 is 10.2 Å². The molecule has 0 saturated carbocycles. The number of hydrogen-bond acceptors (Lipinski definition) is 2. The Balaban J connectivity index is 3.06. The van der Waals surface area contributed by atoms with Crippen molar-refractivity contribution in [2.75, 3.05) is 0 Å². The van der Waals surface area contributed by atoms with Gasteiger partial charge in [0.15, 0.2) is 0 Å². The first-order valence-electron chi connectivity index (χ1n) is 19.2. The number of carboxylic acid groups (broad SMARTS) is 2. The van der Waals surface area contributed by atoms with Crippen molar-refractivity contribution in [1.82, 2.24) is 0 Å². The quantitative estimate of drug-likeness (QED) is 0.0545. The Morgan fingerprint density at radius 2 is 0.535 bits per heavy atom. The minimum absolute atomic E-state index is 0.340. The number of carbonyl (C=O) groups is 2. The average Bonchev–Trinajstić information content (AvgIpc) is 2.98. The second-order valence-corrected chi connectivity index (χ2v) is 13.3. The zero-order valence-electron chi connectivity index (χ0n) is 28.6. The van der Waals surface area contributed by atoms with Crippen molar-refractivity contribution in [3.63, 3.8) is 0 Å². The molecule has 0 atom stereocenters. The number of aliphatic carboxylic acids is 2. The molecule has 0 spiro atoms.